The van der Waals surface area contributed by atoms with Gasteiger partial charge in [-0.15, -0.1) is 0 Å². The van der Waals surface area contributed by atoms with E-state index in [0.717, 1.165) is 54.8 Å². The predicted molar refractivity (Wildman–Crippen MR) is 112 cm³/mol. The molecule has 2 aliphatic rings. The van der Waals surface area contributed by atoms with Crippen LogP contribution in [0, 0.1) is 19.3 Å². The lowest BCUT2D eigenvalue weighted by Crippen LogP contribution is -2.42. The number of carbonyl (C=O) groups excluding carboxylic acids is 1. The number of ether oxygens (including phenoxy) is 1. The molecule has 0 N–H and O–H groups in total. The number of anilines is 1. The second-order valence-corrected chi connectivity index (χ2v) is 8.49. The lowest BCUT2D eigenvalue weighted by Gasteiger charge is -2.38. The molecule has 1 spiro atoms. The van der Waals surface area contributed by atoms with Gasteiger partial charge in [-0.3, -0.25) is 9.78 Å². The number of piperidine rings is 1. The zero-order valence-corrected chi connectivity index (χ0v) is 17.0. The fraction of sp³-hybridized carbons (Fsp3) is 0.435. The van der Waals surface area contributed by atoms with E-state index in [-0.39, 0.29) is 17.5 Å². The molecule has 29 heavy (non-hydrogen) atoms. The van der Waals surface area contributed by atoms with Gasteiger partial charge in [0.05, 0.1) is 29.3 Å². The highest BCUT2D eigenvalue weighted by Crippen LogP contribution is 2.44. The van der Waals surface area contributed by atoms with Crippen molar-refractivity contribution < 1.29 is 9.53 Å². The molecular weight excluding hydrogens is 364 g/mol. The Morgan fingerprint density at radius 3 is 2.62 bits per heavy atom. The van der Waals surface area contributed by atoms with Crippen LogP contribution in [0.3, 0.4) is 0 Å². The average Bonchev–Trinajstić information content (AvgIpc) is 3.23. The van der Waals surface area contributed by atoms with Crippen LogP contribution in [0.2, 0.25) is 0 Å². The van der Waals surface area contributed by atoms with Crippen molar-refractivity contribution in [2.45, 2.75) is 45.8 Å². The number of imidazole rings is 1. The van der Waals surface area contributed by atoms with E-state index in [1.54, 1.807) is 0 Å². The fourth-order valence-corrected chi connectivity index (χ4v) is 4.91. The van der Waals surface area contributed by atoms with Gasteiger partial charge in [0.15, 0.2) is 0 Å². The highest BCUT2D eigenvalue weighted by Gasteiger charge is 2.50. The monoisotopic (exact) mass is 390 g/mol. The highest BCUT2D eigenvalue weighted by molar-refractivity contribution is 5.80. The molecular formula is C23H26N4O2. The van der Waals surface area contributed by atoms with Gasteiger partial charge >= 0.3 is 5.97 Å². The number of rotatable bonds is 3. The predicted octanol–water partition coefficient (Wildman–Crippen LogP) is 3.65. The second-order valence-electron chi connectivity index (χ2n) is 8.49. The maximum absolute atomic E-state index is 12.8. The number of nitrogens with zero attached hydrogens (tertiary/aromatic N) is 4. The Morgan fingerprint density at radius 1 is 1.14 bits per heavy atom. The number of aromatic nitrogens is 3. The van der Waals surface area contributed by atoms with Gasteiger partial charge in [-0.05, 0) is 51.0 Å². The number of cyclic esters (lactones) is 1. The molecule has 2 saturated heterocycles. The standard InChI is InChI=1S/C23H26N4O2/c1-16-11-18(12-17(2)25-16)26-9-7-23(8-10-26)13-19(29-22(23)28)14-27-15-24-20-5-3-4-6-21(20)27/h3-6,11-12,15,19H,7-10,13-14H2,1-2H3. The van der Waals surface area contributed by atoms with Crippen molar-refractivity contribution in [3.05, 3.63) is 54.1 Å². The number of aryl methyl sites for hydroxylation is 2. The third-order valence-electron chi connectivity index (χ3n) is 6.40. The molecule has 2 fully saturated rings. The average molecular weight is 390 g/mol. The Kier molecular flexibility index (Phi) is 4.30. The maximum Gasteiger partial charge on any atom is 0.312 e. The van der Waals surface area contributed by atoms with E-state index >= 15 is 0 Å². The zero-order chi connectivity index (χ0) is 20.0. The number of hydrogen-bond acceptors (Lipinski definition) is 5. The van der Waals surface area contributed by atoms with Gasteiger partial charge in [0.1, 0.15) is 6.10 Å². The lowest BCUT2D eigenvalue weighted by molar-refractivity contribution is -0.150. The molecule has 0 amide bonds. The zero-order valence-electron chi connectivity index (χ0n) is 17.0. The van der Waals surface area contributed by atoms with Crippen molar-refractivity contribution in [3.63, 3.8) is 0 Å². The smallest absolute Gasteiger partial charge is 0.312 e. The van der Waals surface area contributed by atoms with E-state index in [0.29, 0.717) is 6.54 Å². The minimum Gasteiger partial charge on any atom is -0.460 e. The molecule has 5 rings (SSSR count). The molecule has 6 nitrogen and oxygen atoms in total. The molecule has 2 aliphatic heterocycles. The normalized spacial score (nSPS) is 21.1. The fourth-order valence-electron chi connectivity index (χ4n) is 4.91. The van der Waals surface area contributed by atoms with Crippen molar-refractivity contribution in [1.29, 1.82) is 0 Å². The Bertz CT molecular complexity index is 1050. The van der Waals surface area contributed by atoms with E-state index in [1.807, 2.05) is 38.4 Å². The summed E-state index contributed by atoms with van der Waals surface area (Å²) in [6.07, 6.45) is 4.24. The number of para-hydroxylation sites is 2. The first kappa shape index (κ1) is 18.2. The summed E-state index contributed by atoms with van der Waals surface area (Å²) in [5, 5.41) is 0. The summed E-state index contributed by atoms with van der Waals surface area (Å²) in [5.74, 6) is -0.0198. The van der Waals surface area contributed by atoms with Crippen molar-refractivity contribution in [2.24, 2.45) is 5.41 Å². The SMILES string of the molecule is Cc1cc(N2CCC3(CC2)CC(Cn2cnc4ccccc42)OC3=O)cc(C)n1. The molecule has 4 heterocycles. The molecule has 1 atom stereocenters. The van der Waals surface area contributed by atoms with Crippen LogP contribution in [0.25, 0.3) is 11.0 Å². The third kappa shape index (κ3) is 3.26. The molecule has 2 aromatic heterocycles. The largest absolute Gasteiger partial charge is 0.460 e. The first-order valence-electron chi connectivity index (χ1n) is 10.3. The molecule has 3 aromatic rings. The Labute approximate surface area is 170 Å². The molecule has 0 saturated carbocycles. The minimum absolute atomic E-state index is 0.0198. The Hall–Kier alpha value is -2.89. The van der Waals surface area contributed by atoms with Crippen LogP contribution < -0.4 is 4.90 Å². The molecule has 0 aliphatic carbocycles. The molecule has 0 radical (unpaired) electrons. The van der Waals surface area contributed by atoms with Gasteiger partial charge in [0.25, 0.3) is 0 Å². The van der Waals surface area contributed by atoms with Crippen LogP contribution in [0.5, 0.6) is 0 Å². The van der Waals surface area contributed by atoms with Crippen molar-refractivity contribution >= 4 is 22.7 Å². The van der Waals surface area contributed by atoms with Gasteiger partial charge < -0.3 is 14.2 Å². The molecule has 1 aromatic carbocycles. The Balaban J connectivity index is 1.28. The summed E-state index contributed by atoms with van der Waals surface area (Å²) in [6, 6.07) is 12.3. The van der Waals surface area contributed by atoms with Crippen LogP contribution >= 0.6 is 0 Å². The molecule has 6 heteroatoms. The third-order valence-corrected chi connectivity index (χ3v) is 6.40. The molecule has 150 valence electrons. The summed E-state index contributed by atoms with van der Waals surface area (Å²) >= 11 is 0. The quantitative estimate of drug-likeness (QED) is 0.639. The topological polar surface area (TPSA) is 60.2 Å². The van der Waals surface area contributed by atoms with Gasteiger partial charge in [-0.1, -0.05) is 12.1 Å². The summed E-state index contributed by atoms with van der Waals surface area (Å²) in [6.45, 7) is 6.47. The van der Waals surface area contributed by atoms with Gasteiger partial charge in [-0.2, -0.15) is 0 Å². The van der Waals surface area contributed by atoms with Crippen LogP contribution in [0.1, 0.15) is 30.7 Å². The van der Waals surface area contributed by atoms with E-state index < -0.39 is 0 Å². The van der Waals surface area contributed by atoms with Crippen LogP contribution in [0.4, 0.5) is 5.69 Å². The van der Waals surface area contributed by atoms with Crippen LogP contribution in [-0.4, -0.2) is 39.7 Å². The summed E-state index contributed by atoms with van der Waals surface area (Å²) in [7, 11) is 0. The number of esters is 1. The van der Waals surface area contributed by atoms with E-state index in [1.165, 1.54) is 5.69 Å². The van der Waals surface area contributed by atoms with Gasteiger partial charge in [-0.25, -0.2) is 4.98 Å². The molecule has 0 bridgehead atoms. The van der Waals surface area contributed by atoms with E-state index in [4.69, 9.17) is 4.74 Å². The number of carbonyl (C=O) groups is 1. The number of pyridine rings is 1. The molecule has 1 unspecified atom stereocenters. The summed E-state index contributed by atoms with van der Waals surface area (Å²) in [4.78, 5) is 24.1. The lowest BCUT2D eigenvalue weighted by atomic mass is 9.76. The highest BCUT2D eigenvalue weighted by atomic mass is 16.6. The second kappa shape index (κ2) is 6.87. The Morgan fingerprint density at radius 2 is 1.86 bits per heavy atom. The van der Waals surface area contributed by atoms with Crippen molar-refractivity contribution in [2.75, 3.05) is 18.0 Å². The van der Waals surface area contributed by atoms with Crippen molar-refractivity contribution in [1.82, 2.24) is 14.5 Å². The van der Waals surface area contributed by atoms with E-state index in [2.05, 4.69) is 37.6 Å². The van der Waals surface area contributed by atoms with Crippen LogP contribution in [-0.2, 0) is 16.1 Å². The maximum atomic E-state index is 12.8. The van der Waals surface area contributed by atoms with Gasteiger partial charge in [0.2, 0.25) is 0 Å². The number of fused-ring (bicyclic) bond motifs is 1. The van der Waals surface area contributed by atoms with E-state index in [9.17, 15) is 4.79 Å². The first-order valence-corrected chi connectivity index (χ1v) is 10.3. The van der Waals surface area contributed by atoms with Gasteiger partial charge in [0, 0.05) is 36.6 Å². The number of hydrogen-bond donors (Lipinski definition) is 0. The number of benzene rings is 1. The van der Waals surface area contributed by atoms with Crippen molar-refractivity contribution in [3.8, 4) is 0 Å². The summed E-state index contributed by atoms with van der Waals surface area (Å²) < 4.78 is 7.94. The summed E-state index contributed by atoms with van der Waals surface area (Å²) in [5.41, 5.74) is 5.00. The first-order chi connectivity index (χ1) is 14.0. The van der Waals surface area contributed by atoms with Crippen LogP contribution in [0.15, 0.2) is 42.7 Å². The minimum atomic E-state index is -0.339.